The highest BCUT2D eigenvalue weighted by molar-refractivity contribution is 6.04. The first-order chi connectivity index (χ1) is 13.3. The van der Waals surface area contributed by atoms with E-state index < -0.39 is 5.82 Å². The van der Waals surface area contributed by atoms with Crippen LogP contribution in [0, 0.1) is 18.7 Å². The molecule has 4 rings (SSSR count). The van der Waals surface area contributed by atoms with Gasteiger partial charge in [0.25, 0.3) is 0 Å². The molecule has 8 nitrogen and oxygen atoms in total. The number of rotatable bonds is 4. The van der Waals surface area contributed by atoms with E-state index in [-0.39, 0.29) is 24.1 Å². The van der Waals surface area contributed by atoms with Crippen LogP contribution < -0.4 is 14.5 Å². The summed E-state index contributed by atoms with van der Waals surface area (Å²) in [6.07, 6.45) is 4.68. The SMILES string of the molecule is Cc1nc(CC2CC(Oc3ncc(F)cn3)C2)nc2c1N(C)C(=O)[C@H](C)N2C. The molecular weight excluding hydrogens is 363 g/mol. The van der Waals surface area contributed by atoms with Gasteiger partial charge in [-0.25, -0.2) is 24.3 Å². The third kappa shape index (κ3) is 3.25. The third-order valence-corrected chi connectivity index (χ3v) is 5.56. The Bertz CT molecular complexity index is 900. The monoisotopic (exact) mass is 386 g/mol. The van der Waals surface area contributed by atoms with Crippen molar-refractivity contribution in [2.45, 2.75) is 45.3 Å². The van der Waals surface area contributed by atoms with Crippen LogP contribution in [0.3, 0.4) is 0 Å². The molecular formula is C19H23FN6O2. The topological polar surface area (TPSA) is 84.3 Å². The third-order valence-electron chi connectivity index (χ3n) is 5.56. The fourth-order valence-corrected chi connectivity index (χ4v) is 3.78. The van der Waals surface area contributed by atoms with Gasteiger partial charge >= 0.3 is 6.01 Å². The Hall–Kier alpha value is -2.84. The Morgan fingerprint density at radius 2 is 1.89 bits per heavy atom. The summed E-state index contributed by atoms with van der Waals surface area (Å²) in [4.78, 5) is 32.9. The Labute approximate surface area is 162 Å². The molecule has 148 valence electrons. The first-order valence-corrected chi connectivity index (χ1v) is 9.35. The molecule has 2 aromatic rings. The number of aryl methyl sites for hydroxylation is 1. The van der Waals surface area contributed by atoms with Crippen LogP contribution in [-0.4, -0.2) is 52.1 Å². The minimum atomic E-state index is -0.481. The number of halogens is 1. The summed E-state index contributed by atoms with van der Waals surface area (Å²) < 4.78 is 18.5. The second kappa shape index (κ2) is 6.96. The van der Waals surface area contributed by atoms with Gasteiger partial charge in [-0.1, -0.05) is 0 Å². The smallest absolute Gasteiger partial charge is 0.316 e. The summed E-state index contributed by atoms with van der Waals surface area (Å²) in [5, 5.41) is 0. The lowest BCUT2D eigenvalue weighted by Gasteiger charge is -2.38. The van der Waals surface area contributed by atoms with Crippen LogP contribution in [0.25, 0.3) is 0 Å². The van der Waals surface area contributed by atoms with E-state index in [9.17, 15) is 9.18 Å². The maximum Gasteiger partial charge on any atom is 0.316 e. The lowest BCUT2D eigenvalue weighted by atomic mass is 9.80. The van der Waals surface area contributed by atoms with Crippen molar-refractivity contribution in [1.29, 1.82) is 0 Å². The minimum absolute atomic E-state index is 0.0284. The minimum Gasteiger partial charge on any atom is -0.460 e. The van der Waals surface area contributed by atoms with Crippen molar-refractivity contribution in [3.63, 3.8) is 0 Å². The van der Waals surface area contributed by atoms with E-state index in [1.165, 1.54) is 0 Å². The van der Waals surface area contributed by atoms with Crippen LogP contribution in [0.1, 0.15) is 31.3 Å². The molecule has 1 amide bonds. The Morgan fingerprint density at radius 1 is 1.21 bits per heavy atom. The van der Waals surface area contributed by atoms with Gasteiger partial charge < -0.3 is 14.5 Å². The molecule has 1 atom stereocenters. The number of anilines is 2. The lowest BCUT2D eigenvalue weighted by molar-refractivity contribution is -0.119. The number of aromatic nitrogens is 4. The summed E-state index contributed by atoms with van der Waals surface area (Å²) in [7, 11) is 3.66. The molecule has 1 aliphatic heterocycles. The summed E-state index contributed by atoms with van der Waals surface area (Å²) in [6.45, 7) is 3.79. The second-order valence-corrected chi connectivity index (χ2v) is 7.55. The number of carbonyl (C=O) groups excluding carboxylic acids is 1. The zero-order valence-corrected chi connectivity index (χ0v) is 16.4. The predicted molar refractivity (Wildman–Crippen MR) is 101 cm³/mol. The summed E-state index contributed by atoms with van der Waals surface area (Å²) in [5.74, 6) is 1.54. The van der Waals surface area contributed by atoms with Crippen molar-refractivity contribution in [2.24, 2.45) is 5.92 Å². The number of hydrogen-bond donors (Lipinski definition) is 0. The van der Waals surface area contributed by atoms with Crippen LogP contribution in [0.15, 0.2) is 12.4 Å². The fourth-order valence-electron chi connectivity index (χ4n) is 3.78. The van der Waals surface area contributed by atoms with Gasteiger partial charge in [-0.3, -0.25) is 4.79 Å². The van der Waals surface area contributed by atoms with Gasteiger partial charge in [-0.2, -0.15) is 0 Å². The Balaban J connectivity index is 1.42. The second-order valence-electron chi connectivity index (χ2n) is 7.55. The number of amides is 1. The highest BCUT2D eigenvalue weighted by Gasteiger charge is 2.36. The van der Waals surface area contributed by atoms with E-state index in [4.69, 9.17) is 9.72 Å². The van der Waals surface area contributed by atoms with Crippen LogP contribution >= 0.6 is 0 Å². The molecule has 2 aliphatic rings. The standard InChI is InChI=1S/C19H23FN6O2/c1-10-16-17(25(3)11(2)18(27)26(16)4)24-15(23-10)7-12-5-14(6-12)28-19-21-8-13(20)9-22-19/h8-9,11-12,14H,5-7H2,1-4H3/t11-,12?,14?/m0/s1. The van der Waals surface area contributed by atoms with E-state index >= 15 is 0 Å². The molecule has 0 aromatic carbocycles. The molecule has 1 aliphatic carbocycles. The van der Waals surface area contributed by atoms with Crippen LogP contribution in [0.4, 0.5) is 15.9 Å². The van der Waals surface area contributed by atoms with Gasteiger partial charge in [0, 0.05) is 20.5 Å². The van der Waals surface area contributed by atoms with Gasteiger partial charge in [0.15, 0.2) is 11.6 Å². The number of carbonyl (C=O) groups is 1. The van der Waals surface area contributed by atoms with Crippen LogP contribution in [-0.2, 0) is 11.2 Å². The van der Waals surface area contributed by atoms with E-state index in [0.29, 0.717) is 5.92 Å². The summed E-state index contributed by atoms with van der Waals surface area (Å²) in [5.41, 5.74) is 1.58. The highest BCUT2D eigenvalue weighted by atomic mass is 19.1. The van der Waals surface area contributed by atoms with Crippen molar-refractivity contribution in [2.75, 3.05) is 23.9 Å². The van der Waals surface area contributed by atoms with E-state index in [1.54, 1.807) is 11.9 Å². The fraction of sp³-hybridized carbons (Fsp3) is 0.526. The molecule has 0 N–H and O–H groups in total. The maximum atomic E-state index is 12.9. The van der Waals surface area contributed by atoms with Crippen molar-refractivity contribution in [1.82, 2.24) is 19.9 Å². The Kier molecular flexibility index (Phi) is 4.60. The summed E-state index contributed by atoms with van der Waals surface area (Å²) in [6, 6.07) is -0.0501. The van der Waals surface area contributed by atoms with Crippen molar-refractivity contribution >= 4 is 17.4 Å². The number of nitrogens with zero attached hydrogens (tertiary/aromatic N) is 6. The number of fused-ring (bicyclic) bond motifs is 1. The molecule has 1 fully saturated rings. The van der Waals surface area contributed by atoms with Gasteiger partial charge in [-0.15, -0.1) is 0 Å². The number of hydrogen-bond acceptors (Lipinski definition) is 7. The predicted octanol–water partition coefficient (Wildman–Crippen LogP) is 1.92. The molecule has 0 saturated heterocycles. The first kappa shape index (κ1) is 18.5. The molecule has 28 heavy (non-hydrogen) atoms. The zero-order chi connectivity index (χ0) is 20.0. The van der Waals surface area contributed by atoms with Crippen molar-refractivity contribution in [3.8, 4) is 6.01 Å². The van der Waals surface area contributed by atoms with Crippen molar-refractivity contribution in [3.05, 3.63) is 29.7 Å². The molecule has 3 heterocycles. The normalized spacial score (nSPS) is 24.0. The average molecular weight is 386 g/mol. The van der Waals surface area contributed by atoms with E-state index in [0.717, 1.165) is 54.7 Å². The Morgan fingerprint density at radius 3 is 2.57 bits per heavy atom. The number of likely N-dealkylation sites (N-methyl/N-ethyl adjacent to an activating group) is 2. The van der Waals surface area contributed by atoms with Gasteiger partial charge in [0.05, 0.1) is 18.1 Å². The van der Waals surface area contributed by atoms with E-state index in [1.807, 2.05) is 25.8 Å². The molecule has 9 heteroatoms. The largest absolute Gasteiger partial charge is 0.460 e. The molecule has 0 unspecified atom stereocenters. The van der Waals surface area contributed by atoms with Gasteiger partial charge in [-0.05, 0) is 32.6 Å². The molecule has 0 radical (unpaired) electrons. The first-order valence-electron chi connectivity index (χ1n) is 9.35. The molecule has 2 aromatic heterocycles. The number of ether oxygens (including phenoxy) is 1. The van der Waals surface area contributed by atoms with Crippen molar-refractivity contribution < 1.29 is 13.9 Å². The van der Waals surface area contributed by atoms with Gasteiger partial charge in [0.1, 0.15) is 23.7 Å². The quantitative estimate of drug-likeness (QED) is 0.794. The highest BCUT2D eigenvalue weighted by Crippen LogP contribution is 2.37. The van der Waals surface area contributed by atoms with Crippen LogP contribution in [0.2, 0.25) is 0 Å². The molecule has 1 saturated carbocycles. The van der Waals surface area contributed by atoms with E-state index in [2.05, 4.69) is 15.0 Å². The van der Waals surface area contributed by atoms with Crippen LogP contribution in [0.5, 0.6) is 6.01 Å². The maximum absolute atomic E-state index is 12.9. The average Bonchev–Trinajstić information content (AvgIpc) is 2.64. The lowest BCUT2D eigenvalue weighted by Crippen LogP contribution is -2.50. The molecule has 0 spiro atoms. The zero-order valence-electron chi connectivity index (χ0n) is 16.4. The molecule has 0 bridgehead atoms. The van der Waals surface area contributed by atoms with Gasteiger partial charge in [0.2, 0.25) is 5.91 Å². The summed E-state index contributed by atoms with van der Waals surface area (Å²) >= 11 is 0.